The highest BCUT2D eigenvalue weighted by Gasteiger charge is 2.37. The van der Waals surface area contributed by atoms with Crippen molar-refractivity contribution in [3.8, 4) is 0 Å². The van der Waals surface area contributed by atoms with Crippen LogP contribution < -0.4 is 0 Å². The number of carbonyl (C=O) groups is 2. The Morgan fingerprint density at radius 2 is 2.00 bits per heavy atom. The van der Waals surface area contributed by atoms with E-state index in [4.69, 9.17) is 5.11 Å². The average molecular weight is 268 g/mol. The van der Waals surface area contributed by atoms with E-state index in [9.17, 15) is 9.59 Å². The summed E-state index contributed by atoms with van der Waals surface area (Å²) < 4.78 is 0. The molecule has 0 aromatic rings. The summed E-state index contributed by atoms with van der Waals surface area (Å²) in [6.45, 7) is 6.38. The Hall–Kier alpha value is -1.26. The van der Waals surface area contributed by atoms with Crippen molar-refractivity contribution in [1.29, 1.82) is 0 Å². The topological polar surface area (TPSA) is 60.9 Å². The van der Waals surface area contributed by atoms with Crippen molar-refractivity contribution in [2.24, 2.45) is 11.8 Å². The van der Waals surface area contributed by atoms with E-state index in [0.29, 0.717) is 18.4 Å². The van der Waals surface area contributed by atoms with E-state index in [-0.39, 0.29) is 18.5 Å². The van der Waals surface area contributed by atoms with Gasteiger partial charge in [0.1, 0.15) is 0 Å². The summed E-state index contributed by atoms with van der Waals surface area (Å²) in [5, 5.41) is 8.77. The number of urea groups is 1. The predicted octanol–water partition coefficient (Wildman–Crippen LogP) is 2.02. The van der Waals surface area contributed by atoms with Crippen molar-refractivity contribution in [1.82, 2.24) is 9.80 Å². The van der Waals surface area contributed by atoms with Crippen LogP contribution in [0.5, 0.6) is 0 Å². The Morgan fingerprint density at radius 1 is 1.32 bits per heavy atom. The van der Waals surface area contributed by atoms with Gasteiger partial charge in [0.05, 0.1) is 6.42 Å². The lowest BCUT2D eigenvalue weighted by Gasteiger charge is -2.28. The van der Waals surface area contributed by atoms with Gasteiger partial charge in [-0.15, -0.1) is 0 Å². The Morgan fingerprint density at radius 3 is 2.47 bits per heavy atom. The number of carboxylic acid groups (broad SMARTS) is 1. The van der Waals surface area contributed by atoms with E-state index in [1.54, 1.807) is 4.90 Å². The number of carboxylic acids is 1. The molecule has 1 unspecified atom stereocenters. The molecule has 108 valence electrons. The van der Waals surface area contributed by atoms with Gasteiger partial charge in [0.25, 0.3) is 0 Å². The summed E-state index contributed by atoms with van der Waals surface area (Å²) in [6.07, 6.45) is 3.16. The summed E-state index contributed by atoms with van der Waals surface area (Å²) in [6, 6.07) is 0.330. The van der Waals surface area contributed by atoms with Crippen molar-refractivity contribution in [2.45, 2.75) is 45.6 Å². The van der Waals surface area contributed by atoms with Crippen LogP contribution >= 0.6 is 0 Å². The molecule has 1 aliphatic carbocycles. The van der Waals surface area contributed by atoms with Gasteiger partial charge < -0.3 is 14.9 Å². The van der Waals surface area contributed by atoms with Gasteiger partial charge in [0.2, 0.25) is 0 Å². The first kappa shape index (κ1) is 14.2. The summed E-state index contributed by atoms with van der Waals surface area (Å²) in [5.74, 6) is 0.357. The Bertz CT molecular complexity index is 353. The van der Waals surface area contributed by atoms with E-state index >= 15 is 0 Å². The molecule has 5 heteroatoms. The Balaban J connectivity index is 1.90. The molecule has 0 spiro atoms. The lowest BCUT2D eigenvalue weighted by atomic mass is 9.95. The van der Waals surface area contributed by atoms with Gasteiger partial charge in [-0.1, -0.05) is 13.8 Å². The van der Waals surface area contributed by atoms with Crippen LogP contribution in [0.3, 0.4) is 0 Å². The fourth-order valence-electron chi connectivity index (χ4n) is 2.72. The van der Waals surface area contributed by atoms with Crippen LogP contribution in [0.25, 0.3) is 0 Å². The molecule has 0 radical (unpaired) electrons. The molecule has 2 rings (SSSR count). The van der Waals surface area contributed by atoms with Gasteiger partial charge >= 0.3 is 12.0 Å². The van der Waals surface area contributed by atoms with E-state index in [1.165, 1.54) is 0 Å². The summed E-state index contributed by atoms with van der Waals surface area (Å²) in [7, 11) is 0. The van der Waals surface area contributed by atoms with Gasteiger partial charge in [-0.3, -0.25) is 4.79 Å². The molecular weight excluding hydrogens is 244 g/mol. The monoisotopic (exact) mass is 268 g/mol. The fraction of sp³-hybridized carbons (Fsp3) is 0.857. The van der Waals surface area contributed by atoms with Crippen LogP contribution in [0, 0.1) is 11.8 Å². The normalized spacial score (nSPS) is 22.9. The smallest absolute Gasteiger partial charge is 0.320 e. The van der Waals surface area contributed by atoms with Gasteiger partial charge in [-0.2, -0.15) is 0 Å². The second-order valence-electron chi connectivity index (χ2n) is 6.09. The summed E-state index contributed by atoms with van der Waals surface area (Å²) >= 11 is 0. The second-order valence-corrected chi connectivity index (χ2v) is 6.09. The van der Waals surface area contributed by atoms with Crippen molar-refractivity contribution < 1.29 is 14.7 Å². The van der Waals surface area contributed by atoms with Gasteiger partial charge in [0.15, 0.2) is 0 Å². The van der Waals surface area contributed by atoms with E-state index < -0.39 is 5.97 Å². The maximum atomic E-state index is 12.5. The van der Waals surface area contributed by atoms with Crippen LogP contribution in [-0.4, -0.2) is 52.6 Å². The first-order valence-corrected chi connectivity index (χ1v) is 7.26. The zero-order valence-corrected chi connectivity index (χ0v) is 11.8. The zero-order chi connectivity index (χ0) is 14.0. The predicted molar refractivity (Wildman–Crippen MR) is 71.9 cm³/mol. The van der Waals surface area contributed by atoms with Crippen LogP contribution in [0.15, 0.2) is 0 Å². The van der Waals surface area contributed by atoms with Crippen molar-refractivity contribution in [3.63, 3.8) is 0 Å². The number of likely N-dealkylation sites (tertiary alicyclic amines) is 1. The minimum absolute atomic E-state index is 0.0453. The number of carbonyl (C=O) groups excluding carboxylic acids is 1. The second kappa shape index (κ2) is 5.80. The maximum absolute atomic E-state index is 12.5. The largest absolute Gasteiger partial charge is 0.481 e. The molecule has 0 aromatic carbocycles. The molecule has 2 fully saturated rings. The minimum Gasteiger partial charge on any atom is -0.481 e. The number of nitrogens with zero attached hydrogens (tertiary/aromatic N) is 2. The molecule has 1 atom stereocenters. The standard InChI is InChI=1S/C14H24N2O3/c1-10(2)11-5-7-15(9-11)14(19)16(12-3-4-12)8-6-13(17)18/h10-12H,3-9H2,1-2H3,(H,17,18). The Kier molecular flexibility index (Phi) is 4.32. The molecule has 0 aromatic heterocycles. The molecule has 2 aliphatic rings. The lowest BCUT2D eigenvalue weighted by Crippen LogP contribution is -2.44. The van der Waals surface area contributed by atoms with E-state index in [2.05, 4.69) is 13.8 Å². The highest BCUT2D eigenvalue weighted by molar-refractivity contribution is 5.76. The summed E-state index contributed by atoms with van der Waals surface area (Å²) in [4.78, 5) is 26.8. The van der Waals surface area contributed by atoms with Crippen LogP contribution in [0.2, 0.25) is 0 Å². The molecule has 1 saturated heterocycles. The van der Waals surface area contributed by atoms with Crippen molar-refractivity contribution >= 4 is 12.0 Å². The molecule has 1 aliphatic heterocycles. The SMILES string of the molecule is CC(C)C1CCN(C(=O)N(CCC(=O)O)C2CC2)C1. The molecule has 1 N–H and O–H groups in total. The van der Waals surface area contributed by atoms with Crippen molar-refractivity contribution in [2.75, 3.05) is 19.6 Å². The first-order valence-electron chi connectivity index (χ1n) is 7.26. The Labute approximate surface area is 114 Å². The molecule has 19 heavy (non-hydrogen) atoms. The zero-order valence-electron chi connectivity index (χ0n) is 11.8. The van der Waals surface area contributed by atoms with Gasteiger partial charge in [-0.25, -0.2) is 4.79 Å². The molecule has 1 saturated carbocycles. The molecular formula is C14H24N2O3. The summed E-state index contributed by atoms with van der Waals surface area (Å²) in [5.41, 5.74) is 0. The van der Waals surface area contributed by atoms with E-state index in [1.807, 2.05) is 4.90 Å². The third-order valence-electron chi connectivity index (χ3n) is 4.24. The molecule has 0 bridgehead atoms. The number of hydrogen-bond donors (Lipinski definition) is 1. The van der Waals surface area contributed by atoms with Crippen LogP contribution in [0.1, 0.15) is 39.5 Å². The number of rotatable bonds is 5. The van der Waals surface area contributed by atoms with Crippen LogP contribution in [0.4, 0.5) is 4.79 Å². The molecule has 2 amide bonds. The van der Waals surface area contributed by atoms with Crippen molar-refractivity contribution in [3.05, 3.63) is 0 Å². The first-order chi connectivity index (χ1) is 8.99. The average Bonchev–Trinajstić information content (AvgIpc) is 3.05. The number of hydrogen-bond acceptors (Lipinski definition) is 2. The highest BCUT2D eigenvalue weighted by Crippen LogP contribution is 2.30. The quantitative estimate of drug-likeness (QED) is 0.830. The van der Waals surface area contributed by atoms with Crippen LogP contribution in [-0.2, 0) is 4.79 Å². The van der Waals surface area contributed by atoms with Gasteiger partial charge in [0, 0.05) is 25.7 Å². The third-order valence-corrected chi connectivity index (χ3v) is 4.24. The third kappa shape index (κ3) is 3.61. The van der Waals surface area contributed by atoms with E-state index in [0.717, 1.165) is 32.4 Å². The number of aliphatic carboxylic acids is 1. The fourth-order valence-corrected chi connectivity index (χ4v) is 2.72. The number of amides is 2. The minimum atomic E-state index is -0.833. The maximum Gasteiger partial charge on any atom is 0.320 e. The lowest BCUT2D eigenvalue weighted by molar-refractivity contribution is -0.137. The van der Waals surface area contributed by atoms with Gasteiger partial charge in [-0.05, 0) is 31.1 Å². The molecule has 1 heterocycles. The highest BCUT2D eigenvalue weighted by atomic mass is 16.4. The molecule has 5 nitrogen and oxygen atoms in total.